The first-order valence-electron chi connectivity index (χ1n) is 4.58. The molecular formula is C10H14Cl2N2O. The van der Waals surface area contributed by atoms with Crippen molar-refractivity contribution in [1.29, 1.82) is 0 Å². The second-order valence-corrected chi connectivity index (χ2v) is 4.01. The lowest BCUT2D eigenvalue weighted by Gasteiger charge is -2.14. The number of ether oxygens (including phenoxy) is 1. The third-order valence-electron chi connectivity index (χ3n) is 2.15. The monoisotopic (exact) mass is 248 g/mol. The fourth-order valence-corrected chi connectivity index (χ4v) is 1.86. The maximum absolute atomic E-state index is 6.05. The average molecular weight is 249 g/mol. The van der Waals surface area contributed by atoms with E-state index in [1.165, 1.54) is 7.11 Å². The normalized spacial score (nSPS) is 12.6. The summed E-state index contributed by atoms with van der Waals surface area (Å²) in [5, 5.41) is 1.06. The topological polar surface area (TPSA) is 61.3 Å². The van der Waals surface area contributed by atoms with Gasteiger partial charge in [0.2, 0.25) is 0 Å². The van der Waals surface area contributed by atoms with Gasteiger partial charge >= 0.3 is 0 Å². The van der Waals surface area contributed by atoms with Crippen LogP contribution in [0.2, 0.25) is 10.0 Å². The minimum absolute atomic E-state index is 0.189. The van der Waals surface area contributed by atoms with Crippen molar-refractivity contribution < 1.29 is 4.74 Å². The van der Waals surface area contributed by atoms with E-state index in [0.29, 0.717) is 28.8 Å². The predicted octanol–water partition coefficient (Wildman–Crippen LogP) is 2.35. The Morgan fingerprint density at radius 1 is 1.33 bits per heavy atom. The zero-order valence-corrected chi connectivity index (χ0v) is 9.98. The van der Waals surface area contributed by atoms with E-state index in [-0.39, 0.29) is 6.04 Å². The summed E-state index contributed by atoms with van der Waals surface area (Å²) in [7, 11) is 1.54. The summed E-state index contributed by atoms with van der Waals surface area (Å²) in [6.45, 7) is 0.515. The standard InChI is InChI=1S/C10H14Cl2N2O/c1-15-10-5-7(11)6(4-8(10)12)9(14)2-3-13/h4-5,9H,2-3,13-14H2,1H3. The minimum atomic E-state index is -0.189. The summed E-state index contributed by atoms with van der Waals surface area (Å²) in [5.41, 5.74) is 12.1. The van der Waals surface area contributed by atoms with Gasteiger partial charge < -0.3 is 16.2 Å². The van der Waals surface area contributed by atoms with Crippen molar-refractivity contribution >= 4 is 23.2 Å². The Morgan fingerprint density at radius 3 is 2.53 bits per heavy atom. The molecule has 0 heterocycles. The van der Waals surface area contributed by atoms with Gasteiger partial charge in [0, 0.05) is 17.1 Å². The molecule has 0 radical (unpaired) electrons. The minimum Gasteiger partial charge on any atom is -0.495 e. The third kappa shape index (κ3) is 2.98. The first-order valence-corrected chi connectivity index (χ1v) is 5.34. The maximum atomic E-state index is 6.05. The van der Waals surface area contributed by atoms with Gasteiger partial charge in [0.1, 0.15) is 5.75 Å². The van der Waals surface area contributed by atoms with Gasteiger partial charge in [-0.3, -0.25) is 0 Å². The molecule has 1 atom stereocenters. The molecule has 1 unspecified atom stereocenters. The second-order valence-electron chi connectivity index (χ2n) is 3.19. The van der Waals surface area contributed by atoms with Gasteiger partial charge in [-0.05, 0) is 24.6 Å². The molecule has 1 aromatic carbocycles. The maximum Gasteiger partial charge on any atom is 0.138 e. The SMILES string of the molecule is COc1cc(Cl)c(C(N)CCN)cc1Cl. The van der Waals surface area contributed by atoms with Crippen molar-refractivity contribution in [3.05, 3.63) is 27.7 Å². The number of methoxy groups -OCH3 is 1. The van der Waals surface area contributed by atoms with Gasteiger partial charge in [-0.25, -0.2) is 0 Å². The van der Waals surface area contributed by atoms with E-state index in [9.17, 15) is 0 Å². The molecule has 84 valence electrons. The number of halogens is 2. The molecule has 15 heavy (non-hydrogen) atoms. The molecule has 0 spiro atoms. The first kappa shape index (κ1) is 12.6. The van der Waals surface area contributed by atoms with E-state index in [1.54, 1.807) is 12.1 Å². The summed E-state index contributed by atoms with van der Waals surface area (Å²) >= 11 is 12.0. The van der Waals surface area contributed by atoms with Crippen molar-refractivity contribution in [2.45, 2.75) is 12.5 Å². The number of hydrogen-bond acceptors (Lipinski definition) is 3. The molecule has 0 aliphatic rings. The van der Waals surface area contributed by atoms with E-state index < -0.39 is 0 Å². The molecule has 0 saturated carbocycles. The van der Waals surface area contributed by atoms with Crippen LogP contribution < -0.4 is 16.2 Å². The molecule has 0 bridgehead atoms. The Bertz CT molecular complexity index is 344. The van der Waals surface area contributed by atoms with Crippen LogP contribution in [0.15, 0.2) is 12.1 Å². The molecule has 4 N–H and O–H groups in total. The molecule has 1 rings (SSSR count). The highest BCUT2D eigenvalue weighted by Gasteiger charge is 2.13. The average Bonchev–Trinajstić information content (AvgIpc) is 2.21. The van der Waals surface area contributed by atoms with Crippen LogP contribution in [0.25, 0.3) is 0 Å². The third-order valence-corrected chi connectivity index (χ3v) is 2.77. The Labute approximate surface area is 99.3 Å². The summed E-state index contributed by atoms with van der Waals surface area (Å²) in [6.07, 6.45) is 0.669. The zero-order valence-electron chi connectivity index (χ0n) is 8.47. The van der Waals surface area contributed by atoms with Gasteiger partial charge in [0.25, 0.3) is 0 Å². The largest absolute Gasteiger partial charge is 0.495 e. The molecule has 0 aliphatic heterocycles. The fourth-order valence-electron chi connectivity index (χ4n) is 1.32. The molecule has 0 amide bonds. The summed E-state index contributed by atoms with van der Waals surface area (Å²) in [5.74, 6) is 0.547. The summed E-state index contributed by atoms with van der Waals surface area (Å²) in [6, 6.07) is 3.20. The molecule has 0 aliphatic carbocycles. The van der Waals surface area contributed by atoms with Crippen LogP contribution in [0.3, 0.4) is 0 Å². The molecule has 0 fully saturated rings. The van der Waals surface area contributed by atoms with E-state index in [1.807, 2.05) is 0 Å². The Morgan fingerprint density at radius 2 is 2.00 bits per heavy atom. The number of hydrogen-bond donors (Lipinski definition) is 2. The number of benzene rings is 1. The van der Waals surface area contributed by atoms with Crippen molar-refractivity contribution in [3.63, 3.8) is 0 Å². The number of nitrogens with two attached hydrogens (primary N) is 2. The van der Waals surface area contributed by atoms with Crippen LogP contribution in [-0.2, 0) is 0 Å². The Hall–Kier alpha value is -0.480. The van der Waals surface area contributed by atoms with Crippen molar-refractivity contribution in [2.24, 2.45) is 11.5 Å². The van der Waals surface area contributed by atoms with Crippen molar-refractivity contribution in [2.75, 3.05) is 13.7 Å². The molecule has 0 saturated heterocycles. The van der Waals surface area contributed by atoms with Crippen LogP contribution in [-0.4, -0.2) is 13.7 Å². The van der Waals surface area contributed by atoms with Crippen molar-refractivity contribution in [3.8, 4) is 5.75 Å². The van der Waals surface area contributed by atoms with Gasteiger partial charge in [0.05, 0.1) is 12.1 Å². The van der Waals surface area contributed by atoms with Crippen LogP contribution in [0.1, 0.15) is 18.0 Å². The first-order chi connectivity index (χ1) is 7.10. The van der Waals surface area contributed by atoms with Crippen LogP contribution in [0.4, 0.5) is 0 Å². The summed E-state index contributed by atoms with van der Waals surface area (Å²) < 4.78 is 5.04. The number of rotatable bonds is 4. The van der Waals surface area contributed by atoms with Gasteiger partial charge in [0.15, 0.2) is 0 Å². The quantitative estimate of drug-likeness (QED) is 0.860. The highest BCUT2D eigenvalue weighted by Crippen LogP contribution is 2.33. The lowest BCUT2D eigenvalue weighted by Crippen LogP contribution is -2.15. The van der Waals surface area contributed by atoms with Gasteiger partial charge in [-0.15, -0.1) is 0 Å². The van der Waals surface area contributed by atoms with E-state index in [2.05, 4.69) is 0 Å². The van der Waals surface area contributed by atoms with Gasteiger partial charge in [-0.1, -0.05) is 23.2 Å². The molecule has 5 heteroatoms. The fraction of sp³-hybridized carbons (Fsp3) is 0.400. The molecular weight excluding hydrogens is 235 g/mol. The lowest BCUT2D eigenvalue weighted by atomic mass is 10.0. The van der Waals surface area contributed by atoms with E-state index in [4.69, 9.17) is 39.4 Å². The molecule has 1 aromatic rings. The van der Waals surface area contributed by atoms with Crippen LogP contribution in [0, 0.1) is 0 Å². The summed E-state index contributed by atoms with van der Waals surface area (Å²) in [4.78, 5) is 0. The lowest BCUT2D eigenvalue weighted by molar-refractivity contribution is 0.414. The smallest absolute Gasteiger partial charge is 0.138 e. The van der Waals surface area contributed by atoms with E-state index >= 15 is 0 Å². The molecule has 3 nitrogen and oxygen atoms in total. The van der Waals surface area contributed by atoms with Crippen LogP contribution in [0.5, 0.6) is 5.75 Å². The van der Waals surface area contributed by atoms with Gasteiger partial charge in [-0.2, -0.15) is 0 Å². The highest BCUT2D eigenvalue weighted by molar-refractivity contribution is 6.34. The van der Waals surface area contributed by atoms with E-state index in [0.717, 1.165) is 5.56 Å². The van der Waals surface area contributed by atoms with Crippen LogP contribution >= 0.6 is 23.2 Å². The predicted molar refractivity (Wildman–Crippen MR) is 63.6 cm³/mol. The Balaban J connectivity index is 3.04. The second kappa shape index (κ2) is 5.56. The molecule has 0 aromatic heterocycles. The zero-order chi connectivity index (χ0) is 11.4. The van der Waals surface area contributed by atoms with Crippen molar-refractivity contribution in [1.82, 2.24) is 0 Å². The highest BCUT2D eigenvalue weighted by atomic mass is 35.5. The Kier molecular flexibility index (Phi) is 4.67.